The van der Waals surface area contributed by atoms with Gasteiger partial charge in [-0.05, 0) is 32.2 Å². The van der Waals surface area contributed by atoms with Gasteiger partial charge in [0.05, 0.1) is 0 Å². The molecule has 2 atom stereocenters. The molecule has 0 aromatic carbocycles. The molecule has 0 saturated heterocycles. The van der Waals surface area contributed by atoms with Crippen molar-refractivity contribution in [3.05, 3.63) is 18.2 Å². The van der Waals surface area contributed by atoms with Crippen LogP contribution in [-0.2, 0) is 13.5 Å². The van der Waals surface area contributed by atoms with Gasteiger partial charge in [-0.3, -0.25) is 0 Å². The first-order chi connectivity index (χ1) is 7.79. The van der Waals surface area contributed by atoms with Crippen molar-refractivity contribution >= 4 is 0 Å². The molecule has 3 heteroatoms. The van der Waals surface area contributed by atoms with Crippen LogP contribution in [0.1, 0.15) is 37.9 Å². The first-order valence-electron chi connectivity index (χ1n) is 6.43. The number of aromatic nitrogens is 2. The van der Waals surface area contributed by atoms with Gasteiger partial charge in [-0.15, -0.1) is 0 Å². The third kappa shape index (κ3) is 2.85. The zero-order chi connectivity index (χ0) is 11.4. The quantitative estimate of drug-likeness (QED) is 0.844. The van der Waals surface area contributed by atoms with Crippen molar-refractivity contribution < 1.29 is 0 Å². The number of hydrogen-bond donors (Lipinski definition) is 1. The van der Waals surface area contributed by atoms with Crippen molar-refractivity contribution in [1.29, 1.82) is 0 Å². The lowest BCUT2D eigenvalue weighted by Gasteiger charge is -2.28. The number of aryl methyl sites for hydroxylation is 2. The molecule has 1 aromatic rings. The predicted molar refractivity (Wildman–Crippen MR) is 66.3 cm³/mol. The summed E-state index contributed by atoms with van der Waals surface area (Å²) < 4.78 is 2.14. The largest absolute Gasteiger partial charge is 0.338 e. The van der Waals surface area contributed by atoms with Gasteiger partial charge >= 0.3 is 0 Å². The minimum Gasteiger partial charge on any atom is -0.338 e. The Morgan fingerprint density at radius 1 is 1.50 bits per heavy atom. The standard InChI is InChI=1S/C13H23N3/c1-14-12-5-3-4-11(10-12)6-7-13-15-8-9-16(13)2/h8-9,11-12,14H,3-7,10H2,1-2H3. The van der Waals surface area contributed by atoms with Crippen molar-refractivity contribution in [3.63, 3.8) is 0 Å². The van der Waals surface area contributed by atoms with E-state index in [4.69, 9.17) is 0 Å². The van der Waals surface area contributed by atoms with Gasteiger partial charge < -0.3 is 9.88 Å². The molecule has 1 heterocycles. The second kappa shape index (κ2) is 5.48. The number of imidazole rings is 1. The maximum Gasteiger partial charge on any atom is 0.108 e. The smallest absolute Gasteiger partial charge is 0.108 e. The molecule has 1 fully saturated rings. The molecule has 0 radical (unpaired) electrons. The molecule has 0 amide bonds. The average Bonchev–Trinajstić information content (AvgIpc) is 2.72. The number of nitrogens with one attached hydrogen (secondary N) is 1. The maximum atomic E-state index is 4.39. The number of rotatable bonds is 4. The summed E-state index contributed by atoms with van der Waals surface area (Å²) in [6.07, 6.45) is 11.8. The van der Waals surface area contributed by atoms with E-state index in [0.717, 1.165) is 18.4 Å². The molecule has 90 valence electrons. The Labute approximate surface area is 98.3 Å². The molecule has 3 nitrogen and oxygen atoms in total. The fourth-order valence-corrected chi connectivity index (χ4v) is 2.79. The van der Waals surface area contributed by atoms with E-state index in [1.807, 2.05) is 12.4 Å². The van der Waals surface area contributed by atoms with Crippen molar-refractivity contribution in [2.75, 3.05) is 7.05 Å². The molecular weight excluding hydrogens is 198 g/mol. The van der Waals surface area contributed by atoms with E-state index in [9.17, 15) is 0 Å². The third-order valence-corrected chi connectivity index (χ3v) is 3.89. The Morgan fingerprint density at radius 2 is 2.38 bits per heavy atom. The van der Waals surface area contributed by atoms with Crippen LogP contribution < -0.4 is 5.32 Å². The van der Waals surface area contributed by atoms with Crippen LogP contribution in [0.5, 0.6) is 0 Å². The fraction of sp³-hybridized carbons (Fsp3) is 0.769. The summed E-state index contributed by atoms with van der Waals surface area (Å²) in [7, 11) is 4.17. The molecule has 0 aliphatic heterocycles. The summed E-state index contributed by atoms with van der Waals surface area (Å²) in [6.45, 7) is 0. The second-order valence-electron chi connectivity index (χ2n) is 5.01. The monoisotopic (exact) mass is 221 g/mol. The Bertz CT molecular complexity index is 319. The Balaban J connectivity index is 1.79. The van der Waals surface area contributed by atoms with Gasteiger partial charge in [-0.2, -0.15) is 0 Å². The molecule has 2 unspecified atom stereocenters. The maximum absolute atomic E-state index is 4.39. The summed E-state index contributed by atoms with van der Waals surface area (Å²) in [6, 6.07) is 0.750. The normalized spacial score (nSPS) is 25.9. The summed E-state index contributed by atoms with van der Waals surface area (Å²) in [4.78, 5) is 4.39. The minimum atomic E-state index is 0.750. The average molecular weight is 221 g/mol. The van der Waals surface area contributed by atoms with Gasteiger partial charge in [0.25, 0.3) is 0 Å². The van der Waals surface area contributed by atoms with E-state index in [1.54, 1.807) is 0 Å². The van der Waals surface area contributed by atoms with Crippen molar-refractivity contribution in [2.24, 2.45) is 13.0 Å². The van der Waals surface area contributed by atoms with Gasteiger partial charge in [0.2, 0.25) is 0 Å². The van der Waals surface area contributed by atoms with E-state index in [0.29, 0.717) is 0 Å². The van der Waals surface area contributed by atoms with Crippen molar-refractivity contribution in [3.8, 4) is 0 Å². The van der Waals surface area contributed by atoms with Crippen LogP contribution in [0.4, 0.5) is 0 Å². The van der Waals surface area contributed by atoms with Crippen LogP contribution in [0.3, 0.4) is 0 Å². The number of hydrogen-bond acceptors (Lipinski definition) is 2. The van der Waals surface area contributed by atoms with Gasteiger partial charge in [0.1, 0.15) is 5.82 Å². The molecule has 1 N–H and O–H groups in total. The summed E-state index contributed by atoms with van der Waals surface area (Å²) in [5.74, 6) is 2.12. The SMILES string of the molecule is CNC1CCCC(CCc2nccn2C)C1. The molecule has 0 bridgehead atoms. The zero-order valence-electron chi connectivity index (χ0n) is 10.4. The van der Waals surface area contributed by atoms with Crippen LogP contribution in [-0.4, -0.2) is 22.6 Å². The molecule has 1 aromatic heterocycles. The first kappa shape index (κ1) is 11.6. The van der Waals surface area contributed by atoms with Crippen LogP contribution >= 0.6 is 0 Å². The second-order valence-corrected chi connectivity index (χ2v) is 5.01. The highest BCUT2D eigenvalue weighted by atomic mass is 15.0. The van der Waals surface area contributed by atoms with E-state index in [2.05, 4.69) is 29.0 Å². The highest BCUT2D eigenvalue weighted by Gasteiger charge is 2.20. The van der Waals surface area contributed by atoms with Crippen LogP contribution in [0.25, 0.3) is 0 Å². The highest BCUT2D eigenvalue weighted by Crippen LogP contribution is 2.27. The molecule has 0 spiro atoms. The zero-order valence-corrected chi connectivity index (χ0v) is 10.4. The van der Waals surface area contributed by atoms with E-state index < -0.39 is 0 Å². The third-order valence-electron chi connectivity index (χ3n) is 3.89. The molecule has 1 aliphatic carbocycles. The first-order valence-corrected chi connectivity index (χ1v) is 6.43. The van der Waals surface area contributed by atoms with Crippen molar-refractivity contribution in [2.45, 2.75) is 44.6 Å². The van der Waals surface area contributed by atoms with Gasteiger partial charge in [0, 0.05) is 31.9 Å². The van der Waals surface area contributed by atoms with Crippen molar-refractivity contribution in [1.82, 2.24) is 14.9 Å². The van der Waals surface area contributed by atoms with Gasteiger partial charge in [-0.1, -0.05) is 12.8 Å². The Morgan fingerprint density at radius 3 is 3.06 bits per heavy atom. The Hall–Kier alpha value is -0.830. The lowest BCUT2D eigenvalue weighted by molar-refractivity contribution is 0.281. The summed E-state index contributed by atoms with van der Waals surface area (Å²) in [5.41, 5.74) is 0. The molecule has 16 heavy (non-hydrogen) atoms. The Kier molecular flexibility index (Phi) is 3.99. The molecule has 1 saturated carbocycles. The molecule has 2 rings (SSSR count). The summed E-state index contributed by atoms with van der Waals surface area (Å²) >= 11 is 0. The van der Waals surface area contributed by atoms with E-state index in [-0.39, 0.29) is 0 Å². The van der Waals surface area contributed by atoms with E-state index in [1.165, 1.54) is 37.9 Å². The fourth-order valence-electron chi connectivity index (χ4n) is 2.79. The molecule has 1 aliphatic rings. The van der Waals surface area contributed by atoms with Gasteiger partial charge in [-0.25, -0.2) is 4.98 Å². The highest BCUT2D eigenvalue weighted by molar-refractivity contribution is 4.92. The summed E-state index contributed by atoms with van der Waals surface area (Å²) in [5, 5.41) is 3.42. The van der Waals surface area contributed by atoms with E-state index >= 15 is 0 Å². The lowest BCUT2D eigenvalue weighted by Crippen LogP contribution is -2.31. The number of nitrogens with zero attached hydrogens (tertiary/aromatic N) is 2. The van der Waals surface area contributed by atoms with Crippen LogP contribution in [0.2, 0.25) is 0 Å². The molecular formula is C13H23N3. The topological polar surface area (TPSA) is 29.9 Å². The predicted octanol–water partition coefficient (Wildman–Crippen LogP) is 2.13. The lowest BCUT2D eigenvalue weighted by atomic mass is 9.83. The van der Waals surface area contributed by atoms with Gasteiger partial charge in [0.15, 0.2) is 0 Å². The minimum absolute atomic E-state index is 0.750. The van der Waals surface area contributed by atoms with Crippen LogP contribution in [0.15, 0.2) is 12.4 Å². The van der Waals surface area contributed by atoms with Crippen LogP contribution in [0, 0.1) is 5.92 Å².